The van der Waals surface area contributed by atoms with Crippen LogP contribution in [-0.2, 0) is 16.1 Å². The molecule has 82 valence electrons. The van der Waals surface area contributed by atoms with E-state index >= 15 is 0 Å². The van der Waals surface area contributed by atoms with Gasteiger partial charge in [-0.1, -0.05) is 6.07 Å². The number of methoxy groups -OCH3 is 1. The minimum absolute atomic E-state index is 0.0967. The van der Waals surface area contributed by atoms with E-state index in [9.17, 15) is 4.79 Å². The quantitative estimate of drug-likeness (QED) is 0.737. The fourth-order valence-corrected chi connectivity index (χ4v) is 1.19. The summed E-state index contributed by atoms with van der Waals surface area (Å²) in [4.78, 5) is 15.1. The highest BCUT2D eigenvalue weighted by Gasteiger charge is 2.08. The molecule has 0 fully saturated rings. The molecule has 0 aliphatic rings. The van der Waals surface area contributed by atoms with Crippen LogP contribution in [0.5, 0.6) is 0 Å². The molecule has 15 heavy (non-hydrogen) atoms. The number of hydrogen-bond acceptors (Lipinski definition) is 4. The zero-order valence-electron chi connectivity index (χ0n) is 9.06. The van der Waals surface area contributed by atoms with Crippen LogP contribution in [0.15, 0.2) is 24.4 Å². The number of rotatable bonds is 5. The van der Waals surface area contributed by atoms with Crippen molar-refractivity contribution in [2.24, 2.45) is 0 Å². The summed E-state index contributed by atoms with van der Waals surface area (Å²) in [5.74, 6) is -0.198. The number of hydrogen-bond donors (Lipinski definition) is 1. The average molecular weight is 208 g/mol. The lowest BCUT2D eigenvalue weighted by Crippen LogP contribution is -2.28. The van der Waals surface area contributed by atoms with Gasteiger partial charge in [-0.05, 0) is 19.1 Å². The second kappa shape index (κ2) is 6.14. The summed E-state index contributed by atoms with van der Waals surface area (Å²) < 4.78 is 4.58. The highest BCUT2D eigenvalue weighted by molar-refractivity contribution is 5.69. The highest BCUT2D eigenvalue weighted by atomic mass is 16.5. The predicted octanol–water partition coefficient (Wildman–Crippen LogP) is 1.12. The minimum Gasteiger partial charge on any atom is -0.469 e. The molecule has 0 bridgehead atoms. The number of pyridine rings is 1. The normalized spacial score (nSPS) is 12.1. The fraction of sp³-hybridized carbons (Fsp3) is 0.455. The van der Waals surface area contributed by atoms with E-state index in [-0.39, 0.29) is 12.0 Å². The van der Waals surface area contributed by atoms with Crippen molar-refractivity contribution in [1.29, 1.82) is 0 Å². The Bertz CT molecular complexity index is 301. The van der Waals surface area contributed by atoms with Crippen LogP contribution in [0.3, 0.4) is 0 Å². The van der Waals surface area contributed by atoms with E-state index in [2.05, 4.69) is 15.0 Å². The second-order valence-corrected chi connectivity index (χ2v) is 3.38. The van der Waals surface area contributed by atoms with E-state index in [0.717, 1.165) is 5.69 Å². The third kappa shape index (κ3) is 4.56. The zero-order valence-corrected chi connectivity index (χ0v) is 9.06. The lowest BCUT2D eigenvalue weighted by molar-refractivity contribution is -0.141. The first-order valence-electron chi connectivity index (χ1n) is 4.92. The van der Waals surface area contributed by atoms with Crippen molar-refractivity contribution in [2.75, 3.05) is 7.11 Å². The van der Waals surface area contributed by atoms with Gasteiger partial charge in [0.25, 0.3) is 0 Å². The summed E-state index contributed by atoms with van der Waals surface area (Å²) in [6.45, 7) is 2.61. The Labute approximate surface area is 89.7 Å². The lowest BCUT2D eigenvalue weighted by Gasteiger charge is -2.11. The van der Waals surface area contributed by atoms with Crippen LogP contribution in [-0.4, -0.2) is 24.1 Å². The van der Waals surface area contributed by atoms with Crippen molar-refractivity contribution in [3.63, 3.8) is 0 Å². The van der Waals surface area contributed by atoms with Gasteiger partial charge in [0.2, 0.25) is 0 Å². The molecule has 0 unspecified atom stereocenters. The number of nitrogens with zero attached hydrogens (tertiary/aromatic N) is 1. The minimum atomic E-state index is -0.198. The Morgan fingerprint density at radius 2 is 2.40 bits per heavy atom. The summed E-state index contributed by atoms with van der Waals surface area (Å²) in [6, 6.07) is 5.85. The highest BCUT2D eigenvalue weighted by Crippen LogP contribution is 1.97. The Balaban J connectivity index is 2.28. The first-order chi connectivity index (χ1) is 7.22. The maximum atomic E-state index is 11.0. The first-order valence-corrected chi connectivity index (χ1v) is 4.92. The van der Waals surface area contributed by atoms with Crippen LogP contribution >= 0.6 is 0 Å². The number of esters is 1. The lowest BCUT2D eigenvalue weighted by atomic mass is 10.2. The molecule has 0 amide bonds. The largest absolute Gasteiger partial charge is 0.469 e. The molecule has 0 spiro atoms. The van der Waals surface area contributed by atoms with Gasteiger partial charge in [0.05, 0.1) is 19.2 Å². The molecule has 1 aromatic rings. The Morgan fingerprint density at radius 3 is 3.00 bits per heavy atom. The maximum Gasteiger partial charge on any atom is 0.307 e. The van der Waals surface area contributed by atoms with Crippen molar-refractivity contribution in [1.82, 2.24) is 10.3 Å². The number of aromatic nitrogens is 1. The van der Waals surface area contributed by atoms with Gasteiger partial charge in [-0.25, -0.2) is 0 Å². The van der Waals surface area contributed by atoms with Gasteiger partial charge < -0.3 is 10.1 Å². The smallest absolute Gasteiger partial charge is 0.307 e. The van der Waals surface area contributed by atoms with E-state index in [1.165, 1.54) is 7.11 Å². The Hall–Kier alpha value is -1.42. The van der Waals surface area contributed by atoms with Crippen LogP contribution < -0.4 is 5.32 Å². The average Bonchev–Trinajstić information content (AvgIpc) is 2.27. The van der Waals surface area contributed by atoms with E-state index < -0.39 is 0 Å². The van der Waals surface area contributed by atoms with Gasteiger partial charge >= 0.3 is 5.97 Å². The standard InChI is InChI=1S/C11H16N2O2/c1-9(7-11(14)15-2)13-8-10-5-3-4-6-12-10/h3-6,9,13H,7-8H2,1-2H3/t9-/m1/s1. The fourth-order valence-electron chi connectivity index (χ4n) is 1.19. The molecule has 1 N–H and O–H groups in total. The van der Waals surface area contributed by atoms with Crippen molar-refractivity contribution in [2.45, 2.75) is 25.9 Å². The van der Waals surface area contributed by atoms with Gasteiger partial charge in [0.15, 0.2) is 0 Å². The molecule has 0 saturated carbocycles. The van der Waals surface area contributed by atoms with Crippen LogP contribution in [0.25, 0.3) is 0 Å². The molecular formula is C11H16N2O2. The third-order valence-corrected chi connectivity index (χ3v) is 2.06. The topological polar surface area (TPSA) is 51.2 Å². The van der Waals surface area contributed by atoms with Gasteiger partial charge in [-0.2, -0.15) is 0 Å². The second-order valence-electron chi connectivity index (χ2n) is 3.38. The van der Waals surface area contributed by atoms with E-state index in [1.807, 2.05) is 25.1 Å². The number of carbonyl (C=O) groups is 1. The molecule has 1 rings (SSSR count). The van der Waals surface area contributed by atoms with E-state index in [0.29, 0.717) is 13.0 Å². The number of nitrogens with one attached hydrogen (secondary N) is 1. The molecule has 1 heterocycles. The molecule has 4 heteroatoms. The number of carbonyl (C=O) groups excluding carboxylic acids is 1. The molecule has 1 atom stereocenters. The Kier molecular flexibility index (Phi) is 4.77. The van der Waals surface area contributed by atoms with Gasteiger partial charge in [0, 0.05) is 18.8 Å². The summed E-state index contributed by atoms with van der Waals surface area (Å²) >= 11 is 0. The zero-order chi connectivity index (χ0) is 11.1. The molecule has 1 aromatic heterocycles. The summed E-state index contributed by atoms with van der Waals surface area (Å²) in [6.07, 6.45) is 2.13. The van der Waals surface area contributed by atoms with Crippen molar-refractivity contribution < 1.29 is 9.53 Å². The third-order valence-electron chi connectivity index (χ3n) is 2.06. The monoisotopic (exact) mass is 208 g/mol. The molecule has 0 aromatic carbocycles. The maximum absolute atomic E-state index is 11.0. The van der Waals surface area contributed by atoms with Crippen molar-refractivity contribution in [3.8, 4) is 0 Å². The van der Waals surface area contributed by atoms with E-state index in [1.54, 1.807) is 6.20 Å². The number of ether oxygens (including phenoxy) is 1. The Morgan fingerprint density at radius 1 is 1.60 bits per heavy atom. The van der Waals surface area contributed by atoms with Crippen LogP contribution in [0, 0.1) is 0 Å². The van der Waals surface area contributed by atoms with Crippen LogP contribution in [0.2, 0.25) is 0 Å². The van der Waals surface area contributed by atoms with Crippen LogP contribution in [0.1, 0.15) is 19.0 Å². The first kappa shape index (κ1) is 11.7. The van der Waals surface area contributed by atoms with Gasteiger partial charge in [0.1, 0.15) is 0 Å². The summed E-state index contributed by atoms with van der Waals surface area (Å²) in [5.41, 5.74) is 0.967. The molecular weight excluding hydrogens is 192 g/mol. The molecule has 0 aliphatic heterocycles. The predicted molar refractivity (Wildman–Crippen MR) is 57.2 cm³/mol. The van der Waals surface area contributed by atoms with Crippen LogP contribution in [0.4, 0.5) is 0 Å². The molecule has 0 radical (unpaired) electrons. The van der Waals surface area contributed by atoms with Crippen molar-refractivity contribution in [3.05, 3.63) is 30.1 Å². The SMILES string of the molecule is COC(=O)C[C@@H](C)NCc1ccccn1. The molecule has 0 saturated heterocycles. The van der Waals surface area contributed by atoms with Gasteiger partial charge in [-0.15, -0.1) is 0 Å². The van der Waals surface area contributed by atoms with E-state index in [4.69, 9.17) is 0 Å². The van der Waals surface area contributed by atoms with Gasteiger partial charge in [-0.3, -0.25) is 9.78 Å². The summed E-state index contributed by atoms with van der Waals surface area (Å²) in [5, 5.41) is 3.20. The molecule has 4 nitrogen and oxygen atoms in total. The summed E-state index contributed by atoms with van der Waals surface area (Å²) in [7, 11) is 1.40. The molecule has 0 aliphatic carbocycles. The van der Waals surface area contributed by atoms with Crippen molar-refractivity contribution >= 4 is 5.97 Å².